The van der Waals surface area contributed by atoms with Crippen molar-refractivity contribution >= 4 is 40.7 Å². The summed E-state index contributed by atoms with van der Waals surface area (Å²) in [5.74, 6) is 0.338. The second kappa shape index (κ2) is 6.18. The van der Waals surface area contributed by atoms with Gasteiger partial charge in [0.15, 0.2) is 0 Å². The number of halogens is 3. The predicted molar refractivity (Wildman–Crippen MR) is 65.7 cm³/mol. The van der Waals surface area contributed by atoms with Gasteiger partial charge in [-0.1, -0.05) is 34.8 Å². The minimum atomic E-state index is -0.108. The fourth-order valence-electron chi connectivity index (χ4n) is 1.00. The van der Waals surface area contributed by atoms with Gasteiger partial charge >= 0.3 is 0 Å². The number of amides is 1. The molecule has 0 spiro atoms. The fourth-order valence-corrected chi connectivity index (χ4v) is 1.59. The summed E-state index contributed by atoms with van der Waals surface area (Å²) in [6.45, 7) is 2.16. The largest absolute Gasteiger partial charge is 0.490 e. The average molecular weight is 283 g/mol. The number of ether oxygens (including phenoxy) is 1. The molecule has 0 aliphatic heterocycles. The van der Waals surface area contributed by atoms with Gasteiger partial charge in [-0.2, -0.15) is 0 Å². The molecule has 0 aliphatic rings. The van der Waals surface area contributed by atoms with E-state index >= 15 is 0 Å². The highest BCUT2D eigenvalue weighted by Crippen LogP contribution is 2.33. The minimum absolute atomic E-state index is 0.108. The highest BCUT2D eigenvalue weighted by atomic mass is 35.5. The second-order valence-electron chi connectivity index (χ2n) is 3.03. The summed E-state index contributed by atoms with van der Waals surface area (Å²) in [5, 5.41) is 3.73. The third kappa shape index (κ3) is 4.08. The minimum Gasteiger partial charge on any atom is -0.490 e. The zero-order valence-corrected chi connectivity index (χ0v) is 10.8. The number of carbonyl (C=O) groups excluding carboxylic acids is 1. The van der Waals surface area contributed by atoms with Gasteiger partial charge in [0.1, 0.15) is 12.4 Å². The van der Waals surface area contributed by atoms with Crippen molar-refractivity contribution in [2.75, 3.05) is 13.2 Å². The summed E-state index contributed by atoms with van der Waals surface area (Å²) >= 11 is 17.5. The zero-order valence-electron chi connectivity index (χ0n) is 8.52. The van der Waals surface area contributed by atoms with Crippen LogP contribution in [0.3, 0.4) is 0 Å². The van der Waals surface area contributed by atoms with Crippen LogP contribution in [-0.4, -0.2) is 19.1 Å². The van der Waals surface area contributed by atoms with Crippen molar-refractivity contribution in [2.45, 2.75) is 6.92 Å². The van der Waals surface area contributed by atoms with E-state index in [-0.39, 0.29) is 5.91 Å². The lowest BCUT2D eigenvalue weighted by molar-refractivity contribution is -0.119. The molecule has 0 unspecified atom stereocenters. The topological polar surface area (TPSA) is 38.3 Å². The Balaban J connectivity index is 2.54. The zero-order chi connectivity index (χ0) is 12.1. The van der Waals surface area contributed by atoms with Gasteiger partial charge in [0, 0.05) is 13.0 Å². The van der Waals surface area contributed by atoms with Crippen LogP contribution in [0.2, 0.25) is 15.1 Å². The third-order valence-electron chi connectivity index (χ3n) is 1.71. The molecule has 6 heteroatoms. The molecule has 0 aromatic heterocycles. The average Bonchev–Trinajstić information content (AvgIpc) is 2.19. The van der Waals surface area contributed by atoms with Crippen molar-refractivity contribution in [3.8, 4) is 5.75 Å². The Hall–Kier alpha value is -0.640. The van der Waals surface area contributed by atoms with E-state index in [1.165, 1.54) is 13.0 Å². The first-order valence-corrected chi connectivity index (χ1v) is 5.66. The Morgan fingerprint density at radius 1 is 1.25 bits per heavy atom. The Labute approximate surface area is 109 Å². The van der Waals surface area contributed by atoms with E-state index in [0.29, 0.717) is 34.0 Å². The first kappa shape index (κ1) is 13.4. The van der Waals surface area contributed by atoms with Gasteiger partial charge < -0.3 is 10.1 Å². The summed E-state index contributed by atoms with van der Waals surface area (Å²) < 4.78 is 5.33. The monoisotopic (exact) mass is 281 g/mol. The van der Waals surface area contributed by atoms with E-state index in [9.17, 15) is 4.79 Å². The smallest absolute Gasteiger partial charge is 0.216 e. The Morgan fingerprint density at radius 3 is 2.50 bits per heavy atom. The third-order valence-corrected chi connectivity index (χ3v) is 2.73. The maximum absolute atomic E-state index is 10.6. The van der Waals surface area contributed by atoms with Crippen LogP contribution in [0.25, 0.3) is 0 Å². The molecule has 88 valence electrons. The van der Waals surface area contributed by atoms with Crippen LogP contribution in [0.5, 0.6) is 5.75 Å². The second-order valence-corrected chi connectivity index (χ2v) is 4.25. The fraction of sp³-hybridized carbons (Fsp3) is 0.300. The lowest BCUT2D eigenvalue weighted by Gasteiger charge is -2.09. The number of carbonyl (C=O) groups is 1. The molecule has 0 saturated carbocycles. The molecule has 0 radical (unpaired) electrons. The highest BCUT2D eigenvalue weighted by molar-refractivity contribution is 6.43. The van der Waals surface area contributed by atoms with Gasteiger partial charge in [-0.05, 0) is 6.07 Å². The normalized spacial score (nSPS) is 10.0. The molecule has 1 aromatic rings. The van der Waals surface area contributed by atoms with E-state index < -0.39 is 0 Å². The summed E-state index contributed by atoms with van der Waals surface area (Å²) in [6, 6.07) is 3.05. The van der Waals surface area contributed by atoms with E-state index in [2.05, 4.69) is 5.32 Å². The van der Waals surface area contributed by atoms with Gasteiger partial charge in [0.25, 0.3) is 0 Å². The van der Waals surface area contributed by atoms with Crippen LogP contribution < -0.4 is 10.1 Å². The van der Waals surface area contributed by atoms with Gasteiger partial charge in [-0.15, -0.1) is 0 Å². The summed E-state index contributed by atoms with van der Waals surface area (Å²) in [5.41, 5.74) is 0. The molecule has 0 aliphatic carbocycles. The molecule has 1 rings (SSSR count). The first-order chi connectivity index (χ1) is 7.50. The van der Waals surface area contributed by atoms with Crippen LogP contribution in [0.15, 0.2) is 12.1 Å². The molecule has 0 saturated heterocycles. The van der Waals surface area contributed by atoms with Gasteiger partial charge in [-0.3, -0.25) is 4.79 Å². The lowest BCUT2D eigenvalue weighted by atomic mass is 10.3. The van der Waals surface area contributed by atoms with Crippen LogP contribution in [-0.2, 0) is 4.79 Å². The van der Waals surface area contributed by atoms with Crippen LogP contribution in [0.4, 0.5) is 0 Å². The molecule has 0 heterocycles. The van der Waals surface area contributed by atoms with Crippen LogP contribution in [0.1, 0.15) is 6.92 Å². The first-order valence-electron chi connectivity index (χ1n) is 4.52. The number of benzene rings is 1. The van der Waals surface area contributed by atoms with E-state index in [1.807, 2.05) is 0 Å². The molecule has 3 nitrogen and oxygen atoms in total. The predicted octanol–water partition coefficient (Wildman–Crippen LogP) is 3.16. The standard InChI is InChI=1S/C10H10Cl3NO2/c1-6(15)14-2-3-16-10-5-8(12)7(11)4-9(10)13/h4-5H,2-3H2,1H3,(H,14,15). The van der Waals surface area contributed by atoms with E-state index in [4.69, 9.17) is 39.5 Å². The molecule has 0 bridgehead atoms. The Bertz CT molecular complexity index is 396. The number of hydrogen-bond donors (Lipinski definition) is 1. The maximum Gasteiger partial charge on any atom is 0.216 e. The van der Waals surface area contributed by atoms with Crippen LogP contribution in [0, 0.1) is 0 Å². The van der Waals surface area contributed by atoms with Gasteiger partial charge in [0.05, 0.1) is 21.6 Å². The van der Waals surface area contributed by atoms with E-state index in [0.717, 1.165) is 0 Å². The van der Waals surface area contributed by atoms with Gasteiger partial charge in [0.2, 0.25) is 5.91 Å². The molecule has 1 N–H and O–H groups in total. The SMILES string of the molecule is CC(=O)NCCOc1cc(Cl)c(Cl)cc1Cl. The van der Waals surface area contributed by atoms with Crippen molar-refractivity contribution < 1.29 is 9.53 Å². The molecule has 0 fully saturated rings. The molecule has 1 amide bonds. The summed E-state index contributed by atoms with van der Waals surface area (Å²) in [4.78, 5) is 10.6. The van der Waals surface area contributed by atoms with Crippen molar-refractivity contribution in [3.05, 3.63) is 27.2 Å². The Kier molecular flexibility index (Phi) is 5.19. The van der Waals surface area contributed by atoms with Crippen molar-refractivity contribution in [2.24, 2.45) is 0 Å². The summed E-state index contributed by atoms with van der Waals surface area (Å²) in [7, 11) is 0. The summed E-state index contributed by atoms with van der Waals surface area (Å²) in [6.07, 6.45) is 0. The van der Waals surface area contributed by atoms with Crippen molar-refractivity contribution in [1.29, 1.82) is 0 Å². The molecule has 16 heavy (non-hydrogen) atoms. The quantitative estimate of drug-likeness (QED) is 0.680. The Morgan fingerprint density at radius 2 is 1.88 bits per heavy atom. The molecule has 0 atom stereocenters. The molecular weight excluding hydrogens is 272 g/mol. The molecule has 1 aromatic carbocycles. The van der Waals surface area contributed by atoms with Crippen molar-refractivity contribution in [3.63, 3.8) is 0 Å². The number of rotatable bonds is 4. The van der Waals surface area contributed by atoms with Crippen LogP contribution >= 0.6 is 34.8 Å². The maximum atomic E-state index is 10.6. The highest BCUT2D eigenvalue weighted by Gasteiger charge is 2.06. The number of hydrogen-bond acceptors (Lipinski definition) is 2. The van der Waals surface area contributed by atoms with Gasteiger partial charge in [-0.25, -0.2) is 0 Å². The lowest BCUT2D eigenvalue weighted by Crippen LogP contribution is -2.25. The van der Waals surface area contributed by atoms with Crippen molar-refractivity contribution in [1.82, 2.24) is 5.32 Å². The number of nitrogens with one attached hydrogen (secondary N) is 1. The molecular formula is C10H10Cl3NO2. The van der Waals surface area contributed by atoms with E-state index in [1.54, 1.807) is 6.07 Å².